The van der Waals surface area contributed by atoms with E-state index in [1.54, 1.807) is 12.1 Å². The molecule has 0 unspecified atom stereocenters. The van der Waals surface area contributed by atoms with Gasteiger partial charge in [0, 0.05) is 5.56 Å². The van der Waals surface area contributed by atoms with Crippen LogP contribution in [-0.2, 0) is 0 Å². The molecule has 0 atom stereocenters. The van der Waals surface area contributed by atoms with E-state index in [2.05, 4.69) is 10.5 Å². The van der Waals surface area contributed by atoms with Crippen molar-refractivity contribution < 1.29 is 15.0 Å². The summed E-state index contributed by atoms with van der Waals surface area (Å²) in [5, 5.41) is 23.1. The lowest BCUT2D eigenvalue weighted by Gasteiger charge is -2.06. The van der Waals surface area contributed by atoms with E-state index < -0.39 is 5.97 Å². The first-order valence-electron chi connectivity index (χ1n) is 6.50. The molecule has 0 aliphatic heterocycles. The number of rotatable bonds is 4. The monoisotopic (exact) mass is 318 g/mol. The molecule has 0 bridgehead atoms. The highest BCUT2D eigenvalue weighted by Gasteiger charge is 2.09. The van der Waals surface area contributed by atoms with E-state index >= 15 is 0 Å². The van der Waals surface area contributed by atoms with Crippen molar-refractivity contribution in [2.75, 3.05) is 5.43 Å². The summed E-state index contributed by atoms with van der Waals surface area (Å²) in [6.07, 6.45) is 1.48. The average Bonchev–Trinajstić information content (AvgIpc) is 2.45. The highest BCUT2D eigenvalue weighted by molar-refractivity contribution is 6.33. The summed E-state index contributed by atoms with van der Waals surface area (Å²) >= 11 is 5.80. The molecule has 114 valence electrons. The fourth-order valence-corrected chi connectivity index (χ4v) is 2.22. The molecule has 0 spiro atoms. The molecule has 0 radical (unpaired) electrons. The third-order valence-electron chi connectivity index (χ3n) is 3.07. The maximum atomic E-state index is 11.0. The van der Waals surface area contributed by atoms with Gasteiger partial charge >= 0.3 is 5.97 Å². The minimum atomic E-state index is -1.11. The maximum absolute atomic E-state index is 11.0. The number of anilines is 1. The summed E-state index contributed by atoms with van der Waals surface area (Å²) in [7, 11) is 0. The minimum Gasteiger partial charge on any atom is -0.507 e. The van der Waals surface area contributed by atoms with Gasteiger partial charge < -0.3 is 10.2 Å². The Hall–Kier alpha value is -2.53. The summed E-state index contributed by atoms with van der Waals surface area (Å²) in [5.41, 5.74) is 5.56. The summed E-state index contributed by atoms with van der Waals surface area (Å²) in [6.45, 7) is 3.74. The molecule has 6 heteroatoms. The number of phenols is 1. The molecule has 0 amide bonds. The molecule has 2 aromatic rings. The lowest BCUT2D eigenvalue weighted by molar-refractivity contribution is 0.0697. The predicted molar refractivity (Wildman–Crippen MR) is 87.2 cm³/mol. The van der Waals surface area contributed by atoms with Crippen molar-refractivity contribution in [1.29, 1.82) is 0 Å². The molecular weight excluding hydrogens is 304 g/mol. The van der Waals surface area contributed by atoms with Crippen LogP contribution in [0.4, 0.5) is 5.69 Å². The molecule has 22 heavy (non-hydrogen) atoms. The first-order valence-corrected chi connectivity index (χ1v) is 6.88. The van der Waals surface area contributed by atoms with Crippen molar-refractivity contribution in [3.8, 4) is 5.75 Å². The van der Waals surface area contributed by atoms with Gasteiger partial charge in [0.15, 0.2) is 0 Å². The maximum Gasteiger partial charge on any atom is 0.337 e. The van der Waals surface area contributed by atoms with Crippen LogP contribution in [-0.4, -0.2) is 22.4 Å². The molecular formula is C16H15ClN2O3. The molecule has 0 fully saturated rings. The Morgan fingerprint density at radius 2 is 2.00 bits per heavy atom. The topological polar surface area (TPSA) is 81.9 Å². The standard InChI is InChI=1S/C16H15ClN2O3/c1-9-5-10(2)15(20)11(6-9)8-18-19-12-3-4-14(17)13(7-12)16(21)22/h3-8,19-20H,1-2H3,(H,21,22). The van der Waals surface area contributed by atoms with Gasteiger partial charge in [-0.15, -0.1) is 0 Å². The van der Waals surface area contributed by atoms with E-state index in [0.29, 0.717) is 11.3 Å². The van der Waals surface area contributed by atoms with Gasteiger partial charge in [0.2, 0.25) is 0 Å². The highest BCUT2D eigenvalue weighted by atomic mass is 35.5. The van der Waals surface area contributed by atoms with Gasteiger partial charge in [-0.3, -0.25) is 5.43 Å². The molecule has 0 saturated carbocycles. The lowest BCUT2D eigenvalue weighted by atomic mass is 10.1. The Balaban J connectivity index is 2.20. The van der Waals surface area contributed by atoms with E-state index in [0.717, 1.165) is 11.1 Å². The summed E-state index contributed by atoms with van der Waals surface area (Å²) in [5.74, 6) is -0.942. The quantitative estimate of drug-likeness (QED) is 0.591. The van der Waals surface area contributed by atoms with Crippen molar-refractivity contribution in [2.45, 2.75) is 13.8 Å². The number of benzene rings is 2. The number of halogens is 1. The average molecular weight is 319 g/mol. The van der Waals surface area contributed by atoms with Gasteiger partial charge in [-0.25, -0.2) is 4.79 Å². The van der Waals surface area contributed by atoms with Gasteiger partial charge in [0.25, 0.3) is 0 Å². The largest absolute Gasteiger partial charge is 0.507 e. The second-order valence-electron chi connectivity index (χ2n) is 4.89. The minimum absolute atomic E-state index is 0.00360. The van der Waals surface area contributed by atoms with Gasteiger partial charge in [-0.2, -0.15) is 5.10 Å². The zero-order valence-corrected chi connectivity index (χ0v) is 12.8. The Morgan fingerprint density at radius 3 is 2.68 bits per heavy atom. The Morgan fingerprint density at radius 1 is 1.27 bits per heavy atom. The number of nitrogens with one attached hydrogen (secondary N) is 1. The number of carbonyl (C=O) groups is 1. The first kappa shape index (κ1) is 15.9. The van der Waals surface area contributed by atoms with Gasteiger partial charge in [-0.05, 0) is 49.2 Å². The van der Waals surface area contributed by atoms with Crippen molar-refractivity contribution in [3.63, 3.8) is 0 Å². The molecule has 0 aliphatic carbocycles. The highest BCUT2D eigenvalue weighted by Crippen LogP contribution is 2.23. The first-order chi connectivity index (χ1) is 10.4. The van der Waals surface area contributed by atoms with Crippen LogP contribution in [0.1, 0.15) is 27.0 Å². The molecule has 5 nitrogen and oxygen atoms in total. The van der Waals surface area contributed by atoms with Gasteiger partial charge in [0.1, 0.15) is 5.75 Å². The Bertz CT molecular complexity index is 757. The number of hydrazone groups is 1. The second-order valence-corrected chi connectivity index (χ2v) is 5.30. The number of nitrogens with zero attached hydrogens (tertiary/aromatic N) is 1. The number of carboxylic acids is 1. The van der Waals surface area contributed by atoms with Gasteiger partial charge in [0.05, 0.1) is 22.5 Å². The van der Waals surface area contributed by atoms with Crippen LogP contribution in [0.25, 0.3) is 0 Å². The third kappa shape index (κ3) is 3.56. The second kappa shape index (κ2) is 6.49. The molecule has 0 saturated heterocycles. The summed E-state index contributed by atoms with van der Waals surface area (Å²) < 4.78 is 0. The molecule has 0 aliphatic rings. The normalized spacial score (nSPS) is 10.9. The molecule has 0 heterocycles. The fraction of sp³-hybridized carbons (Fsp3) is 0.125. The Labute approximate surface area is 132 Å². The number of hydrogen-bond donors (Lipinski definition) is 3. The number of aromatic hydroxyl groups is 1. The van der Waals surface area contributed by atoms with Crippen LogP contribution >= 0.6 is 11.6 Å². The third-order valence-corrected chi connectivity index (χ3v) is 3.40. The smallest absolute Gasteiger partial charge is 0.337 e. The van der Waals surface area contributed by atoms with Crippen LogP contribution in [0.3, 0.4) is 0 Å². The van der Waals surface area contributed by atoms with Crippen LogP contribution in [0.15, 0.2) is 35.4 Å². The molecule has 3 N–H and O–H groups in total. The zero-order chi connectivity index (χ0) is 16.3. The fourth-order valence-electron chi connectivity index (χ4n) is 2.03. The Kier molecular flexibility index (Phi) is 4.68. The lowest BCUT2D eigenvalue weighted by Crippen LogP contribution is -1.99. The molecule has 2 aromatic carbocycles. The number of phenolic OH excluding ortho intramolecular Hbond substituents is 1. The van der Waals surface area contributed by atoms with E-state index in [9.17, 15) is 9.90 Å². The van der Waals surface area contributed by atoms with E-state index in [1.807, 2.05) is 19.9 Å². The van der Waals surface area contributed by atoms with Gasteiger partial charge in [-0.1, -0.05) is 17.7 Å². The predicted octanol–water partition coefficient (Wildman–Crippen LogP) is 3.81. The van der Waals surface area contributed by atoms with Crippen LogP contribution in [0.2, 0.25) is 5.02 Å². The van der Waals surface area contributed by atoms with Crippen molar-refractivity contribution >= 4 is 29.5 Å². The van der Waals surface area contributed by atoms with Crippen LogP contribution in [0, 0.1) is 13.8 Å². The summed E-state index contributed by atoms with van der Waals surface area (Å²) in [6, 6.07) is 8.17. The van der Waals surface area contributed by atoms with Crippen molar-refractivity contribution in [1.82, 2.24) is 0 Å². The molecule has 2 rings (SSSR count). The molecule has 0 aromatic heterocycles. The number of aryl methyl sites for hydroxylation is 2. The van der Waals surface area contributed by atoms with E-state index in [1.165, 1.54) is 18.3 Å². The van der Waals surface area contributed by atoms with E-state index in [-0.39, 0.29) is 16.3 Å². The zero-order valence-electron chi connectivity index (χ0n) is 12.1. The number of carboxylic acid groups (broad SMARTS) is 1. The SMILES string of the molecule is Cc1cc(C)c(O)c(C=NNc2ccc(Cl)c(C(=O)O)c2)c1. The summed E-state index contributed by atoms with van der Waals surface area (Å²) in [4.78, 5) is 11.0. The van der Waals surface area contributed by atoms with E-state index in [4.69, 9.17) is 16.7 Å². The van der Waals surface area contributed by atoms with Crippen LogP contribution < -0.4 is 5.43 Å². The van der Waals surface area contributed by atoms with Crippen LogP contribution in [0.5, 0.6) is 5.75 Å². The number of hydrogen-bond acceptors (Lipinski definition) is 4. The van der Waals surface area contributed by atoms with Crippen molar-refractivity contribution in [2.24, 2.45) is 5.10 Å². The number of aromatic carboxylic acids is 1. The van der Waals surface area contributed by atoms with Crippen molar-refractivity contribution in [3.05, 3.63) is 57.6 Å².